The summed E-state index contributed by atoms with van der Waals surface area (Å²) in [6, 6.07) is 2.88. The summed E-state index contributed by atoms with van der Waals surface area (Å²) >= 11 is 0. The molecule has 1 atom stereocenters. The summed E-state index contributed by atoms with van der Waals surface area (Å²) in [4.78, 5) is 24.6. The van der Waals surface area contributed by atoms with Crippen LogP contribution in [0.4, 0.5) is 31.1 Å². The molecule has 0 heterocycles. The van der Waals surface area contributed by atoms with Gasteiger partial charge in [-0.05, 0) is 53.5 Å². The maximum atomic E-state index is 13.9. The maximum absolute atomic E-state index is 13.9. The van der Waals surface area contributed by atoms with Crippen molar-refractivity contribution in [3.63, 3.8) is 0 Å². The quantitative estimate of drug-likeness (QED) is 0.232. The van der Waals surface area contributed by atoms with Gasteiger partial charge in [0.25, 0.3) is 10.0 Å². The Hall–Kier alpha value is -2.84. The van der Waals surface area contributed by atoms with E-state index in [0.717, 1.165) is 12.1 Å². The number of nitrogens with one attached hydrogen (secondary N) is 1. The molecule has 39 heavy (non-hydrogen) atoms. The molecule has 15 heteroatoms. The summed E-state index contributed by atoms with van der Waals surface area (Å²) in [5, 5.41) is 2.18. The molecule has 0 unspecified atom stereocenters. The molecule has 1 N–H and O–H groups in total. The van der Waals surface area contributed by atoms with Gasteiger partial charge < -0.3 is 14.8 Å². The van der Waals surface area contributed by atoms with E-state index >= 15 is 0 Å². The Labute approximate surface area is 223 Å². The number of alkyl halides is 6. The van der Waals surface area contributed by atoms with Gasteiger partial charge in [0, 0.05) is 12.6 Å². The van der Waals surface area contributed by atoms with Gasteiger partial charge in [-0.1, -0.05) is 30.3 Å². The van der Waals surface area contributed by atoms with Crippen molar-refractivity contribution in [2.45, 2.75) is 89.4 Å². The van der Waals surface area contributed by atoms with Crippen LogP contribution in [0.5, 0.6) is 0 Å². The van der Waals surface area contributed by atoms with Crippen LogP contribution in [0.15, 0.2) is 34.7 Å². The fourth-order valence-corrected chi connectivity index (χ4v) is 4.25. The van der Waals surface area contributed by atoms with E-state index in [4.69, 9.17) is 9.47 Å². The first kappa shape index (κ1) is 34.2. The maximum Gasteiger partial charge on any atom is 0.408 e. The minimum absolute atomic E-state index is 0.590. The largest absolute Gasteiger partial charge is 0.458 e. The number of sulfonamides is 1. The highest BCUT2D eigenvalue weighted by molar-refractivity contribution is 7.90. The lowest BCUT2D eigenvalue weighted by molar-refractivity contribution is -0.304. The van der Waals surface area contributed by atoms with Crippen molar-refractivity contribution in [1.29, 1.82) is 0 Å². The van der Waals surface area contributed by atoms with Crippen LogP contribution in [0.3, 0.4) is 0 Å². The molecule has 0 aromatic heterocycles. The molecular weight excluding hydrogens is 558 g/mol. The highest BCUT2D eigenvalue weighted by atomic mass is 32.2. The van der Waals surface area contributed by atoms with Gasteiger partial charge in [0.1, 0.15) is 17.2 Å². The fraction of sp³-hybridized carbons (Fsp3) is 0.625. The molecule has 0 saturated heterocycles. The first-order valence-electron chi connectivity index (χ1n) is 11.6. The molecule has 0 bridgehead atoms. The van der Waals surface area contributed by atoms with Gasteiger partial charge in [0.15, 0.2) is 5.41 Å². The molecule has 1 aromatic carbocycles. The van der Waals surface area contributed by atoms with E-state index in [0.29, 0.717) is 18.3 Å². The molecule has 1 amide bonds. The number of hydrogen-bond acceptors (Lipinski definition) is 6. The molecular formula is C24H32F6N2O6S. The Bertz CT molecular complexity index is 1110. The molecule has 0 fully saturated rings. The highest BCUT2D eigenvalue weighted by Crippen LogP contribution is 2.54. The van der Waals surface area contributed by atoms with Crippen molar-refractivity contribution >= 4 is 28.3 Å². The fourth-order valence-electron chi connectivity index (χ4n) is 3.27. The molecule has 1 rings (SSSR count). The average molecular weight is 591 g/mol. The number of carbonyl (C=O) groups excluding carboxylic acids is 2. The molecule has 0 radical (unpaired) electrons. The molecule has 0 saturated carbocycles. The number of ether oxygens (including phenoxy) is 2. The first-order valence-corrected chi connectivity index (χ1v) is 13.2. The minimum atomic E-state index is -5.88. The van der Waals surface area contributed by atoms with Crippen molar-refractivity contribution in [3.05, 3.63) is 35.9 Å². The van der Waals surface area contributed by atoms with Crippen molar-refractivity contribution in [2.75, 3.05) is 5.75 Å². The monoisotopic (exact) mass is 590 g/mol. The number of carbonyl (C=O) groups is 2. The van der Waals surface area contributed by atoms with Gasteiger partial charge >= 0.3 is 24.4 Å². The lowest BCUT2D eigenvalue weighted by atomic mass is 9.76. The summed E-state index contributed by atoms with van der Waals surface area (Å²) < 4.78 is 121. The number of alkyl carbamates (subject to hydrolysis) is 1. The van der Waals surface area contributed by atoms with E-state index in [9.17, 15) is 44.3 Å². The Morgan fingerprint density at radius 2 is 1.38 bits per heavy atom. The van der Waals surface area contributed by atoms with Gasteiger partial charge in [0.05, 0.1) is 5.75 Å². The SMILES string of the molecule is CC(C)(C)OC(=O)N[C@@H](CC=NS(=O)(=O)CCC(c1ccccc1)(C(F)(F)F)C(F)(F)F)C(=O)OC(C)(C)C. The van der Waals surface area contributed by atoms with E-state index in [1.54, 1.807) is 20.8 Å². The molecule has 222 valence electrons. The average Bonchev–Trinajstić information content (AvgIpc) is 2.69. The highest BCUT2D eigenvalue weighted by Gasteiger charge is 2.71. The normalized spacial score (nSPS) is 14.7. The predicted octanol–water partition coefficient (Wildman–Crippen LogP) is 5.46. The van der Waals surface area contributed by atoms with Gasteiger partial charge in [-0.15, -0.1) is 0 Å². The molecule has 0 aliphatic heterocycles. The van der Waals surface area contributed by atoms with Crippen molar-refractivity contribution in [2.24, 2.45) is 4.40 Å². The second-order valence-electron chi connectivity index (χ2n) is 10.6. The van der Waals surface area contributed by atoms with Crippen LogP contribution in [0.25, 0.3) is 0 Å². The van der Waals surface area contributed by atoms with Crippen LogP contribution in [0.1, 0.15) is 59.9 Å². The number of esters is 1. The molecule has 8 nitrogen and oxygen atoms in total. The lowest BCUT2D eigenvalue weighted by Gasteiger charge is -2.37. The summed E-state index contributed by atoms with van der Waals surface area (Å²) in [6.07, 6.45) is -14.7. The standard InChI is InChI=1S/C24H32F6N2O6S/c1-20(2,3)37-18(33)17(32-19(34)38-21(4,5)6)12-14-31-39(35,36)15-13-22(23(25,26)27,24(28,29)30)16-10-8-7-9-11-16/h7-11,14,17H,12-13,15H2,1-6H3,(H,32,34)/t17-/m0/s1. The third-order valence-electron chi connectivity index (χ3n) is 4.93. The second kappa shape index (κ2) is 12.1. The summed E-state index contributed by atoms with van der Waals surface area (Å²) in [5.41, 5.74) is -7.61. The minimum Gasteiger partial charge on any atom is -0.458 e. The number of benzene rings is 1. The van der Waals surface area contributed by atoms with E-state index < -0.39 is 81.3 Å². The van der Waals surface area contributed by atoms with Crippen LogP contribution in [-0.2, 0) is 29.7 Å². The first-order chi connectivity index (χ1) is 17.4. The van der Waals surface area contributed by atoms with E-state index in [2.05, 4.69) is 9.71 Å². The third-order valence-corrected chi connectivity index (χ3v) is 6.12. The Balaban J connectivity index is 3.20. The lowest BCUT2D eigenvalue weighted by Crippen LogP contribution is -2.54. The van der Waals surface area contributed by atoms with Crippen molar-refractivity contribution in [1.82, 2.24) is 5.32 Å². The van der Waals surface area contributed by atoms with Crippen LogP contribution in [-0.4, -0.2) is 62.0 Å². The topological polar surface area (TPSA) is 111 Å². The zero-order chi connectivity index (χ0) is 30.5. The van der Waals surface area contributed by atoms with Crippen LogP contribution >= 0.6 is 0 Å². The summed E-state index contributed by atoms with van der Waals surface area (Å²) in [6.45, 7) is 9.19. The van der Waals surface area contributed by atoms with E-state index in [1.807, 2.05) is 0 Å². The Kier molecular flexibility index (Phi) is 10.6. The summed E-state index contributed by atoms with van der Waals surface area (Å²) in [7, 11) is -4.88. The number of halogens is 6. The van der Waals surface area contributed by atoms with Gasteiger partial charge in [-0.2, -0.15) is 30.7 Å². The zero-order valence-corrected chi connectivity index (χ0v) is 23.1. The number of rotatable bonds is 9. The van der Waals surface area contributed by atoms with Gasteiger partial charge in [-0.3, -0.25) is 0 Å². The molecule has 0 aliphatic rings. The Morgan fingerprint density at radius 3 is 1.82 bits per heavy atom. The number of amides is 1. The van der Waals surface area contributed by atoms with E-state index in [-0.39, 0.29) is 0 Å². The molecule has 1 aromatic rings. The Morgan fingerprint density at radius 1 is 0.897 bits per heavy atom. The molecule has 0 aliphatic carbocycles. The van der Waals surface area contributed by atoms with Crippen LogP contribution in [0, 0.1) is 0 Å². The summed E-state index contributed by atoms with van der Waals surface area (Å²) in [5.74, 6) is -2.62. The predicted molar refractivity (Wildman–Crippen MR) is 131 cm³/mol. The van der Waals surface area contributed by atoms with Gasteiger partial charge in [-0.25, -0.2) is 18.0 Å². The van der Waals surface area contributed by atoms with Crippen molar-refractivity contribution in [3.8, 4) is 0 Å². The van der Waals surface area contributed by atoms with E-state index in [1.165, 1.54) is 26.8 Å². The molecule has 0 spiro atoms. The third kappa shape index (κ3) is 10.3. The van der Waals surface area contributed by atoms with Crippen LogP contribution < -0.4 is 5.32 Å². The second-order valence-corrected chi connectivity index (χ2v) is 12.3. The smallest absolute Gasteiger partial charge is 0.408 e. The van der Waals surface area contributed by atoms with Gasteiger partial charge in [0.2, 0.25) is 0 Å². The van der Waals surface area contributed by atoms with Crippen LogP contribution in [0.2, 0.25) is 0 Å². The van der Waals surface area contributed by atoms with Crippen molar-refractivity contribution < 1.29 is 53.8 Å². The number of hydrogen-bond donors (Lipinski definition) is 1. The zero-order valence-electron chi connectivity index (χ0n) is 22.2. The number of nitrogens with zero attached hydrogens (tertiary/aromatic N) is 1.